The molecule has 0 saturated carbocycles. The van der Waals surface area contributed by atoms with E-state index in [9.17, 15) is 0 Å². The molecule has 1 aromatic heterocycles. The van der Waals surface area contributed by atoms with Crippen LogP contribution in [-0.4, -0.2) is 16.3 Å². The number of aromatic nitrogens is 2. The highest BCUT2D eigenvalue weighted by molar-refractivity contribution is 5.29. The third-order valence-corrected chi connectivity index (χ3v) is 2.87. The highest BCUT2D eigenvalue weighted by Crippen LogP contribution is 2.21. The SMILES string of the molecule is CCc1nn(C(C)C)c2c1CCNC2. The summed E-state index contributed by atoms with van der Waals surface area (Å²) < 4.78 is 2.18. The fourth-order valence-corrected chi connectivity index (χ4v) is 2.16. The first-order valence-corrected chi connectivity index (χ1v) is 5.53. The summed E-state index contributed by atoms with van der Waals surface area (Å²) in [6.45, 7) is 8.67. The molecule has 1 aliphatic rings. The Morgan fingerprint density at radius 3 is 2.93 bits per heavy atom. The number of aryl methyl sites for hydroxylation is 1. The van der Waals surface area contributed by atoms with E-state index in [2.05, 4.69) is 35.9 Å². The number of fused-ring (bicyclic) bond motifs is 1. The summed E-state index contributed by atoms with van der Waals surface area (Å²) in [6, 6.07) is 0.476. The number of hydrogen-bond donors (Lipinski definition) is 1. The monoisotopic (exact) mass is 193 g/mol. The van der Waals surface area contributed by atoms with Gasteiger partial charge in [0, 0.05) is 12.6 Å². The Morgan fingerprint density at radius 2 is 2.29 bits per heavy atom. The lowest BCUT2D eigenvalue weighted by Crippen LogP contribution is -2.26. The zero-order chi connectivity index (χ0) is 10.1. The normalized spacial score (nSPS) is 16.0. The Kier molecular flexibility index (Phi) is 2.59. The molecule has 0 aromatic carbocycles. The average molecular weight is 193 g/mol. The molecule has 0 spiro atoms. The number of nitrogens with zero attached hydrogens (tertiary/aromatic N) is 2. The van der Waals surface area contributed by atoms with Gasteiger partial charge >= 0.3 is 0 Å². The summed E-state index contributed by atoms with van der Waals surface area (Å²) in [6.07, 6.45) is 2.20. The maximum Gasteiger partial charge on any atom is 0.0657 e. The Morgan fingerprint density at radius 1 is 1.50 bits per heavy atom. The Hall–Kier alpha value is -0.830. The van der Waals surface area contributed by atoms with Crippen molar-refractivity contribution in [2.24, 2.45) is 0 Å². The lowest BCUT2D eigenvalue weighted by molar-refractivity contribution is 0.484. The van der Waals surface area contributed by atoms with E-state index in [4.69, 9.17) is 0 Å². The summed E-state index contributed by atoms with van der Waals surface area (Å²) in [7, 11) is 0. The van der Waals surface area contributed by atoms with Gasteiger partial charge in [0.15, 0.2) is 0 Å². The molecule has 1 aromatic rings. The summed E-state index contributed by atoms with van der Waals surface area (Å²) in [4.78, 5) is 0. The van der Waals surface area contributed by atoms with E-state index in [0.717, 1.165) is 25.9 Å². The van der Waals surface area contributed by atoms with E-state index < -0.39 is 0 Å². The van der Waals surface area contributed by atoms with Crippen LogP contribution in [0.25, 0.3) is 0 Å². The van der Waals surface area contributed by atoms with Crippen LogP contribution in [0, 0.1) is 0 Å². The van der Waals surface area contributed by atoms with Gasteiger partial charge in [-0.3, -0.25) is 4.68 Å². The van der Waals surface area contributed by atoms with Gasteiger partial charge in [-0.15, -0.1) is 0 Å². The standard InChI is InChI=1S/C11H19N3/c1-4-10-9-5-6-12-7-11(9)14(13-10)8(2)3/h8,12H,4-7H2,1-3H3. The van der Waals surface area contributed by atoms with Gasteiger partial charge in [0.05, 0.1) is 11.4 Å². The summed E-state index contributed by atoms with van der Waals surface area (Å²) in [5.41, 5.74) is 4.21. The van der Waals surface area contributed by atoms with Crippen LogP contribution in [0.1, 0.15) is 43.8 Å². The molecule has 0 saturated heterocycles. The molecule has 0 bridgehead atoms. The zero-order valence-electron chi connectivity index (χ0n) is 9.30. The van der Waals surface area contributed by atoms with Gasteiger partial charge in [-0.2, -0.15) is 5.10 Å². The summed E-state index contributed by atoms with van der Waals surface area (Å²) >= 11 is 0. The van der Waals surface area contributed by atoms with Crippen LogP contribution in [0.15, 0.2) is 0 Å². The van der Waals surface area contributed by atoms with E-state index in [1.165, 1.54) is 17.0 Å². The summed E-state index contributed by atoms with van der Waals surface area (Å²) in [5, 5.41) is 8.10. The molecule has 0 unspecified atom stereocenters. The van der Waals surface area contributed by atoms with E-state index in [0.29, 0.717) is 6.04 Å². The van der Waals surface area contributed by atoms with Crippen molar-refractivity contribution in [2.45, 2.75) is 46.2 Å². The van der Waals surface area contributed by atoms with E-state index in [-0.39, 0.29) is 0 Å². The molecule has 0 aliphatic carbocycles. The van der Waals surface area contributed by atoms with Crippen molar-refractivity contribution in [1.29, 1.82) is 0 Å². The van der Waals surface area contributed by atoms with Crippen molar-refractivity contribution >= 4 is 0 Å². The van der Waals surface area contributed by atoms with Crippen LogP contribution in [-0.2, 0) is 19.4 Å². The Balaban J connectivity index is 2.46. The van der Waals surface area contributed by atoms with Crippen LogP contribution < -0.4 is 5.32 Å². The highest BCUT2D eigenvalue weighted by atomic mass is 15.3. The zero-order valence-corrected chi connectivity index (χ0v) is 9.30. The lowest BCUT2D eigenvalue weighted by Gasteiger charge is -2.17. The fraction of sp³-hybridized carbons (Fsp3) is 0.727. The molecule has 14 heavy (non-hydrogen) atoms. The van der Waals surface area contributed by atoms with Crippen LogP contribution in [0.5, 0.6) is 0 Å². The molecule has 0 radical (unpaired) electrons. The third kappa shape index (κ3) is 1.46. The molecule has 0 atom stereocenters. The van der Waals surface area contributed by atoms with Gasteiger partial charge in [0.1, 0.15) is 0 Å². The van der Waals surface area contributed by atoms with E-state index in [1.54, 1.807) is 0 Å². The van der Waals surface area contributed by atoms with Crippen molar-refractivity contribution in [2.75, 3.05) is 6.54 Å². The quantitative estimate of drug-likeness (QED) is 0.774. The fourth-order valence-electron chi connectivity index (χ4n) is 2.16. The minimum Gasteiger partial charge on any atom is -0.311 e. The van der Waals surface area contributed by atoms with Gasteiger partial charge in [-0.1, -0.05) is 6.92 Å². The van der Waals surface area contributed by atoms with Crippen molar-refractivity contribution in [1.82, 2.24) is 15.1 Å². The van der Waals surface area contributed by atoms with Gasteiger partial charge < -0.3 is 5.32 Å². The molecule has 1 N–H and O–H groups in total. The molecular formula is C11H19N3. The number of nitrogens with one attached hydrogen (secondary N) is 1. The maximum absolute atomic E-state index is 4.69. The first-order chi connectivity index (χ1) is 6.74. The van der Waals surface area contributed by atoms with E-state index in [1.807, 2.05) is 0 Å². The topological polar surface area (TPSA) is 29.9 Å². The van der Waals surface area contributed by atoms with Crippen LogP contribution in [0.3, 0.4) is 0 Å². The van der Waals surface area contributed by atoms with Gasteiger partial charge in [0.25, 0.3) is 0 Å². The third-order valence-electron chi connectivity index (χ3n) is 2.87. The Bertz CT molecular complexity index is 326. The Labute approximate surface area is 85.5 Å². The average Bonchev–Trinajstić information content (AvgIpc) is 2.56. The molecule has 1 aliphatic heterocycles. The minimum absolute atomic E-state index is 0.476. The van der Waals surface area contributed by atoms with Crippen molar-refractivity contribution < 1.29 is 0 Å². The van der Waals surface area contributed by atoms with Crippen molar-refractivity contribution in [3.05, 3.63) is 17.0 Å². The summed E-state index contributed by atoms with van der Waals surface area (Å²) in [5.74, 6) is 0. The van der Waals surface area contributed by atoms with Crippen LogP contribution >= 0.6 is 0 Å². The predicted molar refractivity (Wildman–Crippen MR) is 57.4 cm³/mol. The van der Waals surface area contributed by atoms with E-state index >= 15 is 0 Å². The second-order valence-electron chi connectivity index (χ2n) is 4.19. The van der Waals surface area contributed by atoms with Gasteiger partial charge in [-0.25, -0.2) is 0 Å². The molecule has 0 fully saturated rings. The largest absolute Gasteiger partial charge is 0.311 e. The van der Waals surface area contributed by atoms with Crippen molar-refractivity contribution in [3.8, 4) is 0 Å². The van der Waals surface area contributed by atoms with Gasteiger partial charge in [0.2, 0.25) is 0 Å². The second-order valence-corrected chi connectivity index (χ2v) is 4.19. The van der Waals surface area contributed by atoms with Crippen molar-refractivity contribution in [3.63, 3.8) is 0 Å². The molecule has 3 nitrogen and oxygen atoms in total. The second kappa shape index (κ2) is 3.73. The maximum atomic E-state index is 4.69. The molecule has 2 rings (SSSR count). The highest BCUT2D eigenvalue weighted by Gasteiger charge is 2.20. The predicted octanol–water partition coefficient (Wildman–Crippen LogP) is 1.67. The molecule has 0 amide bonds. The molecule has 78 valence electrons. The van der Waals surface area contributed by atoms with Crippen LogP contribution in [0.2, 0.25) is 0 Å². The molecule has 2 heterocycles. The smallest absolute Gasteiger partial charge is 0.0657 e. The first kappa shape index (κ1) is 9.71. The van der Waals surface area contributed by atoms with Crippen LogP contribution in [0.4, 0.5) is 0 Å². The van der Waals surface area contributed by atoms with Gasteiger partial charge in [-0.05, 0) is 38.8 Å². The lowest BCUT2D eigenvalue weighted by atomic mass is 10.0. The number of hydrogen-bond acceptors (Lipinski definition) is 2. The molecular weight excluding hydrogens is 174 g/mol. The molecule has 3 heteroatoms. The number of rotatable bonds is 2. The first-order valence-electron chi connectivity index (χ1n) is 5.53. The minimum atomic E-state index is 0.476.